The number of carbonyl (C=O) groups is 1. The Morgan fingerprint density at radius 2 is 1.84 bits per heavy atom. The van der Waals surface area contributed by atoms with Gasteiger partial charge in [0.2, 0.25) is 0 Å². The first-order chi connectivity index (χ1) is 9.18. The van der Waals surface area contributed by atoms with Crippen LogP contribution in [0.5, 0.6) is 0 Å². The van der Waals surface area contributed by atoms with Crippen LogP contribution in [0.15, 0.2) is 48.5 Å². The minimum Gasteiger partial charge on any atom is -0.477 e. The van der Waals surface area contributed by atoms with E-state index in [0.29, 0.717) is 10.9 Å². The maximum Gasteiger partial charge on any atom is 0.354 e. The molecule has 3 rings (SSSR count). The second-order valence-electron chi connectivity index (χ2n) is 4.35. The van der Waals surface area contributed by atoms with E-state index in [1.165, 1.54) is 4.68 Å². The van der Waals surface area contributed by atoms with Gasteiger partial charge >= 0.3 is 5.97 Å². The molecular weight excluding hydrogens is 240 g/mol. The van der Waals surface area contributed by atoms with Crippen molar-refractivity contribution in [3.8, 4) is 11.1 Å². The number of carboxylic acid groups (broad SMARTS) is 1. The highest BCUT2D eigenvalue weighted by molar-refractivity contribution is 6.05. The molecule has 3 aromatic rings. The first-order valence-corrected chi connectivity index (χ1v) is 5.93. The molecule has 0 atom stereocenters. The molecular formula is C15H12N2O2. The van der Waals surface area contributed by atoms with Gasteiger partial charge in [-0.15, -0.1) is 0 Å². The molecule has 94 valence electrons. The van der Waals surface area contributed by atoms with Crippen molar-refractivity contribution in [3.63, 3.8) is 0 Å². The molecule has 0 radical (unpaired) electrons. The van der Waals surface area contributed by atoms with Crippen LogP contribution >= 0.6 is 0 Å². The molecule has 0 saturated heterocycles. The third-order valence-corrected chi connectivity index (χ3v) is 3.15. The topological polar surface area (TPSA) is 55.1 Å². The molecule has 0 aliphatic rings. The lowest BCUT2D eigenvalue weighted by Crippen LogP contribution is -2.05. The number of fused-ring (bicyclic) bond motifs is 1. The van der Waals surface area contributed by atoms with Gasteiger partial charge in [-0.05, 0) is 5.56 Å². The summed E-state index contributed by atoms with van der Waals surface area (Å²) in [4.78, 5) is 11.3. The molecule has 2 aromatic carbocycles. The molecule has 4 heteroatoms. The van der Waals surface area contributed by atoms with Gasteiger partial charge in [0, 0.05) is 18.0 Å². The summed E-state index contributed by atoms with van der Waals surface area (Å²) in [5.41, 5.74) is 2.91. The van der Waals surface area contributed by atoms with Gasteiger partial charge in [0.15, 0.2) is 5.69 Å². The lowest BCUT2D eigenvalue weighted by molar-refractivity contribution is 0.0687. The van der Waals surface area contributed by atoms with Crippen LogP contribution in [0.4, 0.5) is 0 Å². The minimum absolute atomic E-state index is 0.216. The van der Waals surface area contributed by atoms with Crippen LogP contribution in [0, 0.1) is 0 Å². The standard InChI is InChI=1S/C15H12N2O2/c1-17-14(15(18)19)12-9-5-8-11(13(12)16-17)10-6-3-2-4-7-10/h2-9H,1H3,(H,18,19). The van der Waals surface area contributed by atoms with Crippen molar-refractivity contribution in [1.82, 2.24) is 9.78 Å². The van der Waals surface area contributed by atoms with E-state index in [4.69, 9.17) is 0 Å². The molecule has 0 spiro atoms. The fourth-order valence-corrected chi connectivity index (χ4v) is 2.32. The predicted octanol–water partition coefficient (Wildman–Crippen LogP) is 2.94. The normalized spacial score (nSPS) is 10.8. The average Bonchev–Trinajstić information content (AvgIpc) is 2.75. The van der Waals surface area contributed by atoms with E-state index < -0.39 is 5.97 Å². The molecule has 0 bridgehead atoms. The molecule has 0 aliphatic heterocycles. The van der Waals surface area contributed by atoms with Crippen molar-refractivity contribution in [2.45, 2.75) is 0 Å². The fraction of sp³-hybridized carbons (Fsp3) is 0.0667. The average molecular weight is 252 g/mol. The molecule has 1 heterocycles. The maximum absolute atomic E-state index is 11.3. The summed E-state index contributed by atoms with van der Waals surface area (Å²) in [7, 11) is 1.65. The number of aromatic carboxylic acids is 1. The number of hydrogen-bond donors (Lipinski definition) is 1. The van der Waals surface area contributed by atoms with E-state index in [9.17, 15) is 9.90 Å². The number of rotatable bonds is 2. The summed E-state index contributed by atoms with van der Waals surface area (Å²) < 4.78 is 1.42. The van der Waals surface area contributed by atoms with Crippen LogP contribution < -0.4 is 0 Å². The zero-order valence-electron chi connectivity index (χ0n) is 10.4. The van der Waals surface area contributed by atoms with E-state index in [-0.39, 0.29) is 5.69 Å². The van der Waals surface area contributed by atoms with Gasteiger partial charge in [0.05, 0.1) is 0 Å². The summed E-state index contributed by atoms with van der Waals surface area (Å²) in [5.74, 6) is -0.963. The minimum atomic E-state index is -0.963. The Hall–Kier alpha value is -2.62. The monoisotopic (exact) mass is 252 g/mol. The Labute approximate surface area is 109 Å². The molecule has 0 fully saturated rings. The molecule has 1 aromatic heterocycles. The van der Waals surface area contributed by atoms with Gasteiger partial charge in [0.25, 0.3) is 0 Å². The van der Waals surface area contributed by atoms with E-state index >= 15 is 0 Å². The van der Waals surface area contributed by atoms with Gasteiger partial charge in [0.1, 0.15) is 5.52 Å². The lowest BCUT2D eigenvalue weighted by Gasteiger charge is -2.01. The number of hydrogen-bond acceptors (Lipinski definition) is 2. The van der Waals surface area contributed by atoms with Crippen LogP contribution in [0.2, 0.25) is 0 Å². The van der Waals surface area contributed by atoms with E-state index in [1.54, 1.807) is 13.1 Å². The van der Waals surface area contributed by atoms with Crippen LogP contribution in [0.1, 0.15) is 10.5 Å². The van der Waals surface area contributed by atoms with Crippen molar-refractivity contribution < 1.29 is 9.90 Å². The predicted molar refractivity (Wildman–Crippen MR) is 73.1 cm³/mol. The molecule has 0 saturated carbocycles. The second kappa shape index (κ2) is 4.24. The Balaban J connectivity index is 2.34. The largest absolute Gasteiger partial charge is 0.477 e. The highest BCUT2D eigenvalue weighted by atomic mass is 16.4. The van der Waals surface area contributed by atoms with Crippen LogP contribution in [0.25, 0.3) is 22.0 Å². The summed E-state index contributed by atoms with van der Waals surface area (Å²) in [5, 5.41) is 14.3. The zero-order chi connectivity index (χ0) is 13.4. The third kappa shape index (κ3) is 1.78. The van der Waals surface area contributed by atoms with Gasteiger partial charge in [-0.25, -0.2) is 4.79 Å². The number of carboxylic acids is 1. The van der Waals surface area contributed by atoms with Crippen molar-refractivity contribution in [1.29, 1.82) is 0 Å². The number of aryl methyl sites for hydroxylation is 1. The highest BCUT2D eigenvalue weighted by Crippen LogP contribution is 2.29. The van der Waals surface area contributed by atoms with E-state index in [0.717, 1.165) is 11.1 Å². The zero-order valence-corrected chi connectivity index (χ0v) is 10.4. The Kier molecular flexibility index (Phi) is 2.56. The smallest absolute Gasteiger partial charge is 0.354 e. The van der Waals surface area contributed by atoms with E-state index in [2.05, 4.69) is 5.10 Å². The second-order valence-corrected chi connectivity index (χ2v) is 4.35. The Morgan fingerprint density at radius 3 is 2.53 bits per heavy atom. The molecule has 19 heavy (non-hydrogen) atoms. The first-order valence-electron chi connectivity index (χ1n) is 5.93. The Morgan fingerprint density at radius 1 is 1.11 bits per heavy atom. The van der Waals surface area contributed by atoms with Crippen molar-refractivity contribution >= 4 is 16.9 Å². The molecule has 1 N–H and O–H groups in total. The SMILES string of the molecule is Cn1nc2c(-c3ccccc3)cccc2c1C(=O)O. The Bertz CT molecular complexity index is 760. The quantitative estimate of drug-likeness (QED) is 0.763. The number of aromatic nitrogens is 2. The molecule has 0 unspecified atom stereocenters. The van der Waals surface area contributed by atoms with Gasteiger partial charge in [-0.3, -0.25) is 4.68 Å². The van der Waals surface area contributed by atoms with Crippen LogP contribution in [-0.4, -0.2) is 20.9 Å². The molecule has 4 nitrogen and oxygen atoms in total. The lowest BCUT2D eigenvalue weighted by atomic mass is 10.0. The fourth-order valence-electron chi connectivity index (χ4n) is 2.32. The highest BCUT2D eigenvalue weighted by Gasteiger charge is 2.17. The van der Waals surface area contributed by atoms with Crippen molar-refractivity contribution in [2.75, 3.05) is 0 Å². The van der Waals surface area contributed by atoms with Crippen molar-refractivity contribution in [2.24, 2.45) is 7.05 Å². The third-order valence-electron chi connectivity index (χ3n) is 3.15. The number of nitrogens with zero attached hydrogens (tertiary/aromatic N) is 2. The maximum atomic E-state index is 11.3. The van der Waals surface area contributed by atoms with Gasteiger partial charge in [-0.2, -0.15) is 5.10 Å². The van der Waals surface area contributed by atoms with Crippen LogP contribution in [0.3, 0.4) is 0 Å². The van der Waals surface area contributed by atoms with Gasteiger partial charge < -0.3 is 5.11 Å². The molecule has 0 amide bonds. The first kappa shape index (κ1) is 11.5. The van der Waals surface area contributed by atoms with Gasteiger partial charge in [-0.1, -0.05) is 48.5 Å². The number of benzene rings is 2. The summed E-state index contributed by atoms with van der Waals surface area (Å²) in [6.45, 7) is 0. The summed E-state index contributed by atoms with van der Waals surface area (Å²) in [6.07, 6.45) is 0. The molecule has 0 aliphatic carbocycles. The van der Waals surface area contributed by atoms with Crippen LogP contribution in [-0.2, 0) is 7.05 Å². The summed E-state index contributed by atoms with van der Waals surface area (Å²) in [6, 6.07) is 15.4. The van der Waals surface area contributed by atoms with Crippen molar-refractivity contribution in [3.05, 3.63) is 54.2 Å². The summed E-state index contributed by atoms with van der Waals surface area (Å²) >= 11 is 0. The van der Waals surface area contributed by atoms with E-state index in [1.807, 2.05) is 42.5 Å².